The van der Waals surface area contributed by atoms with Crippen LogP contribution in [0.2, 0.25) is 0 Å². The maximum Gasteiger partial charge on any atom is 0.198 e. The second-order valence-electron chi connectivity index (χ2n) is 5.33. The van der Waals surface area contributed by atoms with E-state index in [0.717, 1.165) is 23.2 Å². The predicted molar refractivity (Wildman–Crippen MR) is 90.6 cm³/mol. The molecule has 3 heteroatoms. The molecule has 0 aliphatic heterocycles. The van der Waals surface area contributed by atoms with E-state index in [2.05, 4.69) is 4.98 Å². The Kier molecular flexibility index (Phi) is 4.20. The molecule has 1 heterocycles. The van der Waals surface area contributed by atoms with Crippen molar-refractivity contribution in [1.82, 2.24) is 4.98 Å². The first-order valence-electron chi connectivity index (χ1n) is 7.57. The van der Waals surface area contributed by atoms with Crippen LogP contribution in [0.25, 0.3) is 11.3 Å². The monoisotopic (exact) mass is 303 g/mol. The lowest BCUT2D eigenvalue weighted by Gasteiger charge is -2.07. The van der Waals surface area contributed by atoms with Crippen LogP contribution in [-0.4, -0.2) is 15.9 Å². The number of nitrogens with zero attached hydrogens (tertiary/aromatic N) is 1. The number of rotatable bonds is 4. The minimum absolute atomic E-state index is 0.000615. The van der Waals surface area contributed by atoms with Gasteiger partial charge in [0.1, 0.15) is 5.75 Å². The molecule has 0 aliphatic carbocycles. The van der Waals surface area contributed by atoms with Crippen LogP contribution in [-0.2, 0) is 6.42 Å². The first kappa shape index (κ1) is 15.0. The van der Waals surface area contributed by atoms with E-state index in [4.69, 9.17) is 0 Å². The lowest BCUT2D eigenvalue weighted by atomic mass is 10.00. The van der Waals surface area contributed by atoms with Crippen LogP contribution in [0, 0.1) is 0 Å². The van der Waals surface area contributed by atoms with E-state index in [1.807, 2.05) is 49.4 Å². The molecule has 0 fully saturated rings. The number of carbonyl (C=O) groups is 1. The molecule has 0 amide bonds. The molecule has 0 spiro atoms. The van der Waals surface area contributed by atoms with Gasteiger partial charge in [-0.15, -0.1) is 0 Å². The summed E-state index contributed by atoms with van der Waals surface area (Å²) in [7, 11) is 0. The molecule has 0 atom stereocenters. The number of ketones is 1. The second kappa shape index (κ2) is 6.44. The van der Waals surface area contributed by atoms with Gasteiger partial charge in [0.15, 0.2) is 5.78 Å². The van der Waals surface area contributed by atoms with Gasteiger partial charge in [-0.1, -0.05) is 43.3 Å². The summed E-state index contributed by atoms with van der Waals surface area (Å²) in [5.74, 6) is -0.218. The van der Waals surface area contributed by atoms with Gasteiger partial charge in [0, 0.05) is 17.3 Å². The minimum Gasteiger partial charge on any atom is -0.507 e. The third-order valence-electron chi connectivity index (χ3n) is 3.81. The Bertz CT molecular complexity index is 824. The molecule has 0 bridgehead atoms. The Balaban J connectivity index is 1.92. The number of benzene rings is 2. The maximum atomic E-state index is 12.6. The Morgan fingerprint density at radius 2 is 1.83 bits per heavy atom. The molecule has 0 unspecified atom stereocenters. The minimum atomic E-state index is -0.218. The van der Waals surface area contributed by atoms with E-state index in [-0.39, 0.29) is 11.5 Å². The molecule has 2 aromatic carbocycles. The molecular formula is C20H17NO2. The van der Waals surface area contributed by atoms with Gasteiger partial charge < -0.3 is 5.11 Å². The molecule has 0 saturated heterocycles. The van der Waals surface area contributed by atoms with E-state index in [1.54, 1.807) is 24.4 Å². The first-order chi connectivity index (χ1) is 11.2. The molecule has 3 rings (SSSR count). The van der Waals surface area contributed by atoms with Crippen molar-refractivity contribution in [3.05, 3.63) is 83.6 Å². The molecule has 3 aromatic rings. The van der Waals surface area contributed by atoms with Crippen LogP contribution in [0.1, 0.15) is 28.4 Å². The first-order valence-corrected chi connectivity index (χ1v) is 7.57. The number of carbonyl (C=O) groups excluding carboxylic acids is 1. The molecule has 23 heavy (non-hydrogen) atoms. The lowest BCUT2D eigenvalue weighted by molar-refractivity contribution is 0.103. The van der Waals surface area contributed by atoms with Gasteiger partial charge in [0.25, 0.3) is 0 Å². The second-order valence-corrected chi connectivity index (χ2v) is 5.33. The fourth-order valence-corrected chi connectivity index (χ4v) is 2.45. The highest BCUT2D eigenvalue weighted by atomic mass is 16.3. The van der Waals surface area contributed by atoms with Gasteiger partial charge in [-0.2, -0.15) is 0 Å². The van der Waals surface area contributed by atoms with Crippen molar-refractivity contribution in [3.63, 3.8) is 0 Å². The summed E-state index contributed by atoms with van der Waals surface area (Å²) in [6, 6.07) is 18.5. The van der Waals surface area contributed by atoms with Gasteiger partial charge in [0.2, 0.25) is 0 Å². The smallest absolute Gasteiger partial charge is 0.198 e. The zero-order valence-electron chi connectivity index (χ0n) is 12.9. The fourth-order valence-electron chi connectivity index (χ4n) is 2.45. The molecular weight excluding hydrogens is 286 g/mol. The summed E-state index contributed by atoms with van der Waals surface area (Å²) >= 11 is 0. The Morgan fingerprint density at radius 1 is 1.04 bits per heavy atom. The molecule has 1 N–H and O–H groups in total. The van der Waals surface area contributed by atoms with Crippen LogP contribution in [0.15, 0.2) is 66.9 Å². The average Bonchev–Trinajstić information content (AvgIpc) is 2.62. The van der Waals surface area contributed by atoms with Gasteiger partial charge in [-0.05, 0) is 36.2 Å². The average molecular weight is 303 g/mol. The molecule has 0 radical (unpaired) electrons. The molecule has 3 nitrogen and oxygen atoms in total. The van der Waals surface area contributed by atoms with Crippen LogP contribution < -0.4 is 0 Å². The normalized spacial score (nSPS) is 10.5. The van der Waals surface area contributed by atoms with Gasteiger partial charge >= 0.3 is 0 Å². The highest BCUT2D eigenvalue weighted by Gasteiger charge is 2.14. The van der Waals surface area contributed by atoms with Crippen molar-refractivity contribution in [3.8, 4) is 17.0 Å². The highest BCUT2D eigenvalue weighted by molar-refractivity contribution is 6.10. The molecule has 0 saturated carbocycles. The van der Waals surface area contributed by atoms with E-state index in [9.17, 15) is 9.90 Å². The number of hydrogen-bond donors (Lipinski definition) is 1. The largest absolute Gasteiger partial charge is 0.507 e. The van der Waals surface area contributed by atoms with E-state index in [0.29, 0.717) is 11.1 Å². The summed E-state index contributed by atoms with van der Waals surface area (Å²) in [5.41, 5.74) is 3.61. The number of aromatic nitrogens is 1. The van der Waals surface area contributed by atoms with Gasteiger partial charge in [0.05, 0.1) is 11.3 Å². The van der Waals surface area contributed by atoms with Crippen LogP contribution in [0.3, 0.4) is 0 Å². The zero-order valence-corrected chi connectivity index (χ0v) is 12.9. The standard InChI is InChI=1S/C20H17NO2/c1-2-14-8-11-19(22)17(12-14)20(23)16-9-10-18(21-13-16)15-6-4-3-5-7-15/h3-13,22H,2H2,1H3. The summed E-state index contributed by atoms with van der Waals surface area (Å²) in [4.78, 5) is 16.9. The van der Waals surface area contributed by atoms with Crippen LogP contribution >= 0.6 is 0 Å². The van der Waals surface area contributed by atoms with Crippen molar-refractivity contribution in [1.29, 1.82) is 0 Å². The number of phenolic OH excluding ortho intramolecular Hbond substituents is 1. The zero-order chi connectivity index (χ0) is 16.2. The quantitative estimate of drug-likeness (QED) is 0.733. The van der Waals surface area contributed by atoms with Crippen molar-refractivity contribution in [2.24, 2.45) is 0 Å². The molecule has 0 aliphatic rings. The van der Waals surface area contributed by atoms with Crippen molar-refractivity contribution < 1.29 is 9.90 Å². The van der Waals surface area contributed by atoms with Crippen molar-refractivity contribution >= 4 is 5.78 Å². The topological polar surface area (TPSA) is 50.2 Å². The van der Waals surface area contributed by atoms with Crippen molar-refractivity contribution in [2.75, 3.05) is 0 Å². The summed E-state index contributed by atoms with van der Waals surface area (Å²) in [6.07, 6.45) is 2.37. The summed E-state index contributed by atoms with van der Waals surface area (Å²) in [5, 5.41) is 9.95. The Morgan fingerprint density at radius 3 is 2.48 bits per heavy atom. The molecule has 1 aromatic heterocycles. The Labute approximate surface area is 135 Å². The maximum absolute atomic E-state index is 12.6. The molecule has 114 valence electrons. The van der Waals surface area contributed by atoms with E-state index < -0.39 is 0 Å². The number of hydrogen-bond acceptors (Lipinski definition) is 3. The summed E-state index contributed by atoms with van der Waals surface area (Å²) < 4.78 is 0. The lowest BCUT2D eigenvalue weighted by Crippen LogP contribution is -2.03. The number of phenols is 1. The van der Waals surface area contributed by atoms with Gasteiger partial charge in [-0.3, -0.25) is 9.78 Å². The number of aromatic hydroxyl groups is 1. The number of aryl methyl sites for hydroxylation is 1. The van der Waals surface area contributed by atoms with Crippen LogP contribution in [0.4, 0.5) is 0 Å². The third-order valence-corrected chi connectivity index (χ3v) is 3.81. The van der Waals surface area contributed by atoms with Gasteiger partial charge in [-0.25, -0.2) is 0 Å². The van der Waals surface area contributed by atoms with E-state index >= 15 is 0 Å². The van der Waals surface area contributed by atoms with E-state index in [1.165, 1.54) is 0 Å². The number of pyridine rings is 1. The van der Waals surface area contributed by atoms with Crippen molar-refractivity contribution in [2.45, 2.75) is 13.3 Å². The third kappa shape index (κ3) is 3.14. The van der Waals surface area contributed by atoms with Crippen LogP contribution in [0.5, 0.6) is 5.75 Å². The fraction of sp³-hybridized carbons (Fsp3) is 0.100. The SMILES string of the molecule is CCc1ccc(O)c(C(=O)c2ccc(-c3ccccc3)nc2)c1. The summed E-state index contributed by atoms with van der Waals surface area (Å²) in [6.45, 7) is 2.01. The highest BCUT2D eigenvalue weighted by Crippen LogP contribution is 2.23. The predicted octanol–water partition coefficient (Wildman–Crippen LogP) is 4.25. The Hall–Kier alpha value is -2.94.